The van der Waals surface area contributed by atoms with Gasteiger partial charge in [-0.3, -0.25) is 9.59 Å². The molecule has 0 unspecified atom stereocenters. The van der Waals surface area contributed by atoms with Crippen LogP contribution in [-0.2, 0) is 9.59 Å². The Hall–Kier alpha value is -3.14. The van der Waals surface area contributed by atoms with Gasteiger partial charge in [0.1, 0.15) is 5.82 Å². The van der Waals surface area contributed by atoms with Gasteiger partial charge in [0.05, 0.1) is 33.7 Å². The van der Waals surface area contributed by atoms with Crippen LogP contribution in [0.1, 0.15) is 30.5 Å². The van der Waals surface area contributed by atoms with Gasteiger partial charge >= 0.3 is 11.8 Å². The molecule has 4 rings (SSSR count). The molecule has 10 heteroatoms. The largest absolute Gasteiger partial charge is 0.383 e. The molecule has 3 heterocycles. The lowest BCUT2D eigenvalue weighted by molar-refractivity contribution is -0.159. The summed E-state index contributed by atoms with van der Waals surface area (Å²) in [6, 6.07) is 5.86. The molecule has 7 nitrogen and oxygen atoms in total. The zero-order valence-electron chi connectivity index (χ0n) is 16.9. The predicted octanol–water partition coefficient (Wildman–Crippen LogP) is 3.77. The number of carbonyl (C=O) groups excluding carboxylic acids is 2. The Morgan fingerprint density at radius 3 is 2.81 bits per heavy atom. The number of pyridine rings is 1. The first-order valence-electron chi connectivity index (χ1n) is 9.71. The number of piperidine rings is 1. The minimum absolute atomic E-state index is 0.238. The first-order valence-corrected chi connectivity index (χ1v) is 10.6. The molecule has 31 heavy (non-hydrogen) atoms. The Bertz CT molecular complexity index is 1170. The van der Waals surface area contributed by atoms with Crippen LogP contribution in [0.15, 0.2) is 36.0 Å². The van der Waals surface area contributed by atoms with E-state index >= 15 is 0 Å². The number of hydrogen-bond acceptors (Lipinski definition) is 6. The van der Waals surface area contributed by atoms with E-state index in [1.165, 1.54) is 29.4 Å². The number of thiazole rings is 1. The number of nitrogens with zero attached hydrogens (tertiary/aromatic N) is 3. The molecule has 162 valence electrons. The molecule has 0 bridgehead atoms. The van der Waals surface area contributed by atoms with Gasteiger partial charge in [0.2, 0.25) is 0 Å². The monoisotopic (exact) mass is 445 g/mol. The number of nitrogens with two attached hydrogens (primary N) is 1. The van der Waals surface area contributed by atoms with Crippen molar-refractivity contribution in [3.63, 3.8) is 0 Å². The third-order valence-electron chi connectivity index (χ3n) is 5.60. The van der Waals surface area contributed by atoms with E-state index in [4.69, 9.17) is 5.73 Å². The van der Waals surface area contributed by atoms with E-state index in [0.29, 0.717) is 28.1 Å². The highest BCUT2D eigenvalue weighted by Gasteiger charge is 2.48. The number of benzene rings is 1. The third-order valence-corrected chi connectivity index (χ3v) is 6.41. The summed E-state index contributed by atoms with van der Waals surface area (Å²) in [5, 5.41) is 2.49. The maximum atomic E-state index is 14.6. The Morgan fingerprint density at radius 2 is 2.06 bits per heavy atom. The second-order valence-electron chi connectivity index (χ2n) is 7.80. The predicted molar refractivity (Wildman–Crippen MR) is 115 cm³/mol. The van der Waals surface area contributed by atoms with Crippen molar-refractivity contribution in [2.24, 2.45) is 5.92 Å². The number of halogens is 2. The summed E-state index contributed by atoms with van der Waals surface area (Å²) in [6.07, 6.45) is 0.777. The molecule has 0 radical (unpaired) electrons. The fourth-order valence-corrected chi connectivity index (χ4v) is 4.36. The number of amides is 2. The summed E-state index contributed by atoms with van der Waals surface area (Å²) in [4.78, 5) is 35.1. The Morgan fingerprint density at radius 1 is 1.29 bits per heavy atom. The highest BCUT2D eigenvalue weighted by Crippen LogP contribution is 2.43. The lowest BCUT2D eigenvalue weighted by Crippen LogP contribution is -2.52. The molecular weight excluding hydrogens is 424 g/mol. The smallest absolute Gasteiger partial charge is 0.313 e. The number of nitrogens with one attached hydrogen (secondary N) is 1. The lowest BCUT2D eigenvalue weighted by Gasteiger charge is -2.42. The van der Waals surface area contributed by atoms with Crippen molar-refractivity contribution in [2.75, 3.05) is 17.6 Å². The molecule has 3 N–H and O–H groups in total. The van der Waals surface area contributed by atoms with Gasteiger partial charge in [0.25, 0.3) is 5.92 Å². The van der Waals surface area contributed by atoms with Gasteiger partial charge in [0.15, 0.2) is 0 Å². The topological polar surface area (TPSA) is 101 Å². The van der Waals surface area contributed by atoms with Gasteiger partial charge in [-0.2, -0.15) is 0 Å². The number of hydrogen-bond donors (Lipinski definition) is 2. The van der Waals surface area contributed by atoms with Gasteiger partial charge in [-0.1, -0.05) is 13.0 Å². The number of carbonyl (C=O) groups is 2. The molecule has 2 aromatic heterocycles. The van der Waals surface area contributed by atoms with Crippen molar-refractivity contribution in [1.82, 2.24) is 14.9 Å². The van der Waals surface area contributed by atoms with E-state index in [9.17, 15) is 18.4 Å². The van der Waals surface area contributed by atoms with Crippen molar-refractivity contribution in [3.8, 4) is 0 Å². The molecule has 2 atom stereocenters. The quantitative estimate of drug-likeness (QED) is 0.585. The molecule has 1 fully saturated rings. The summed E-state index contributed by atoms with van der Waals surface area (Å²) >= 11 is 1.44. The van der Waals surface area contributed by atoms with Crippen LogP contribution in [0.2, 0.25) is 0 Å². The Kier molecular flexibility index (Phi) is 5.34. The highest BCUT2D eigenvalue weighted by atomic mass is 32.1. The molecule has 1 aromatic carbocycles. The van der Waals surface area contributed by atoms with Crippen LogP contribution in [0.4, 0.5) is 20.3 Å². The van der Waals surface area contributed by atoms with Gasteiger partial charge in [-0.25, -0.2) is 18.7 Å². The molecule has 1 saturated heterocycles. The van der Waals surface area contributed by atoms with Crippen molar-refractivity contribution < 1.29 is 18.4 Å². The van der Waals surface area contributed by atoms with Gasteiger partial charge in [-0.15, -0.1) is 11.3 Å². The average Bonchev–Trinajstić information content (AvgIpc) is 3.19. The number of fused-ring (bicyclic) bond motifs is 1. The number of aromatic nitrogens is 2. The van der Waals surface area contributed by atoms with Crippen LogP contribution in [0.5, 0.6) is 0 Å². The number of anilines is 2. The number of nitrogen functional groups attached to an aromatic ring is 1. The fourth-order valence-electron chi connectivity index (χ4n) is 3.70. The number of rotatable bonds is 2. The van der Waals surface area contributed by atoms with Crippen molar-refractivity contribution in [1.29, 1.82) is 0 Å². The van der Waals surface area contributed by atoms with Crippen LogP contribution in [-0.4, -0.2) is 39.1 Å². The summed E-state index contributed by atoms with van der Waals surface area (Å²) in [7, 11) is 0. The number of aryl methyl sites for hydroxylation is 1. The minimum atomic E-state index is -2.97. The van der Waals surface area contributed by atoms with E-state index in [1.54, 1.807) is 36.7 Å². The SMILES string of the molecule is Cc1cc(NC(=O)C(=O)N2C[C@@H](C)C(F)(F)C[C@@H]2c2ccc3scnc3c2)cnc1N. The standard InChI is InChI=1S/C21H21F2N5O2S/c1-11-5-14(8-25-18(11)24)27-19(29)20(30)28-9-12(2)21(22,23)7-16(28)13-3-4-17-15(6-13)26-10-31-17/h3-6,8,10,12,16H,7,9H2,1-2H3,(H2,24,25)(H,27,29)/t12-,16-/m1/s1. The molecule has 2 amide bonds. The molecule has 0 saturated carbocycles. The summed E-state index contributed by atoms with van der Waals surface area (Å²) < 4.78 is 30.1. The molecule has 3 aromatic rings. The maximum absolute atomic E-state index is 14.6. The molecule has 0 aliphatic carbocycles. The summed E-state index contributed by atoms with van der Waals surface area (Å²) in [5.41, 5.74) is 9.49. The third kappa shape index (κ3) is 4.07. The zero-order valence-corrected chi connectivity index (χ0v) is 17.7. The average molecular weight is 445 g/mol. The number of likely N-dealkylation sites (tertiary alicyclic amines) is 1. The molecule has 1 aliphatic heterocycles. The van der Waals surface area contributed by atoms with Gasteiger partial charge < -0.3 is 16.0 Å². The number of alkyl halides is 2. The van der Waals surface area contributed by atoms with E-state index in [1.807, 2.05) is 0 Å². The van der Waals surface area contributed by atoms with Crippen LogP contribution in [0.3, 0.4) is 0 Å². The molecule has 1 aliphatic rings. The second kappa shape index (κ2) is 7.84. The molecular formula is C21H21F2N5O2S. The van der Waals surface area contributed by atoms with Gasteiger partial charge in [0, 0.05) is 18.9 Å². The Labute approximate surface area is 181 Å². The fraction of sp³-hybridized carbons (Fsp3) is 0.333. The van der Waals surface area contributed by atoms with Crippen LogP contribution >= 0.6 is 11.3 Å². The highest BCUT2D eigenvalue weighted by molar-refractivity contribution is 7.16. The summed E-state index contributed by atoms with van der Waals surface area (Å²) in [5.74, 6) is -5.52. The van der Waals surface area contributed by atoms with Crippen LogP contribution in [0.25, 0.3) is 10.2 Å². The van der Waals surface area contributed by atoms with Crippen molar-refractivity contribution >= 4 is 44.9 Å². The zero-order chi connectivity index (χ0) is 22.3. The Balaban J connectivity index is 1.62. The summed E-state index contributed by atoms with van der Waals surface area (Å²) in [6.45, 7) is 2.86. The van der Waals surface area contributed by atoms with E-state index in [2.05, 4.69) is 15.3 Å². The van der Waals surface area contributed by atoms with E-state index < -0.39 is 36.1 Å². The van der Waals surface area contributed by atoms with Crippen LogP contribution < -0.4 is 11.1 Å². The van der Waals surface area contributed by atoms with Crippen LogP contribution in [0, 0.1) is 12.8 Å². The van der Waals surface area contributed by atoms with Crippen molar-refractivity contribution in [2.45, 2.75) is 32.2 Å². The first kappa shape index (κ1) is 21.1. The van der Waals surface area contributed by atoms with Crippen molar-refractivity contribution in [3.05, 3.63) is 47.1 Å². The maximum Gasteiger partial charge on any atom is 0.313 e. The molecule has 0 spiro atoms. The lowest BCUT2D eigenvalue weighted by atomic mass is 9.86. The van der Waals surface area contributed by atoms with Gasteiger partial charge in [-0.05, 0) is 36.2 Å². The van der Waals surface area contributed by atoms with E-state index in [0.717, 1.165) is 4.70 Å². The van der Waals surface area contributed by atoms with E-state index in [-0.39, 0.29) is 6.54 Å². The second-order valence-corrected chi connectivity index (χ2v) is 8.69. The first-order chi connectivity index (χ1) is 14.7. The minimum Gasteiger partial charge on any atom is -0.383 e. The normalized spacial score (nSPS) is 20.6.